The molecule has 5 heteroatoms. The minimum absolute atomic E-state index is 0.0704. The largest absolute Gasteiger partial charge is 0.481 e. The molecule has 0 aliphatic carbocycles. The van der Waals surface area contributed by atoms with Gasteiger partial charge >= 0.3 is 11.9 Å². The minimum atomic E-state index is -1.45. The summed E-state index contributed by atoms with van der Waals surface area (Å²) < 4.78 is 0. The summed E-state index contributed by atoms with van der Waals surface area (Å²) in [6.07, 6.45) is 1.53. The van der Waals surface area contributed by atoms with Crippen molar-refractivity contribution < 1.29 is 19.8 Å². The Kier molecular flexibility index (Phi) is 3.23. The number of para-hydroxylation sites is 1. The van der Waals surface area contributed by atoms with Crippen molar-refractivity contribution in [2.45, 2.75) is 6.42 Å². The number of hydrogen-bond donors (Lipinski definition) is 2. The maximum Gasteiger partial charge on any atom is 0.318 e. The highest BCUT2D eigenvalue weighted by molar-refractivity contribution is 5.94. The lowest BCUT2D eigenvalue weighted by atomic mass is 9.97. The summed E-state index contributed by atoms with van der Waals surface area (Å²) in [6.45, 7) is 0. The number of benzene rings is 1. The van der Waals surface area contributed by atoms with Crippen molar-refractivity contribution >= 4 is 22.8 Å². The molecule has 2 rings (SSSR count). The van der Waals surface area contributed by atoms with E-state index in [0.717, 1.165) is 5.39 Å². The summed E-state index contributed by atoms with van der Waals surface area (Å²) in [5, 5.41) is 18.6. The number of nitrogens with zero attached hydrogens (tertiary/aromatic N) is 1. The highest BCUT2D eigenvalue weighted by Crippen LogP contribution is 2.19. The van der Waals surface area contributed by atoms with Crippen molar-refractivity contribution in [3.8, 4) is 0 Å². The maximum atomic E-state index is 10.9. The lowest BCUT2D eigenvalue weighted by Gasteiger charge is -2.09. The number of aliphatic carboxylic acids is 2. The van der Waals surface area contributed by atoms with E-state index in [1.54, 1.807) is 24.4 Å². The Hall–Kier alpha value is -2.43. The van der Waals surface area contributed by atoms with Gasteiger partial charge in [0.25, 0.3) is 0 Å². The van der Waals surface area contributed by atoms with Gasteiger partial charge in [-0.25, -0.2) is 0 Å². The highest BCUT2D eigenvalue weighted by atomic mass is 16.4. The number of carboxylic acid groups (broad SMARTS) is 2. The van der Waals surface area contributed by atoms with Crippen LogP contribution in [-0.4, -0.2) is 27.1 Å². The van der Waals surface area contributed by atoms with Gasteiger partial charge in [0.1, 0.15) is 0 Å². The third-order valence-electron chi connectivity index (χ3n) is 2.74. The number of aromatic nitrogens is 1. The van der Waals surface area contributed by atoms with Crippen LogP contribution in [0.5, 0.6) is 0 Å². The van der Waals surface area contributed by atoms with Crippen molar-refractivity contribution in [1.82, 2.24) is 4.98 Å². The van der Waals surface area contributed by atoms with Gasteiger partial charge in [0, 0.05) is 11.6 Å². The second-order valence-corrected chi connectivity index (χ2v) is 3.93. The molecule has 18 heavy (non-hydrogen) atoms. The molecule has 0 amide bonds. The fourth-order valence-corrected chi connectivity index (χ4v) is 1.83. The van der Waals surface area contributed by atoms with Gasteiger partial charge < -0.3 is 10.2 Å². The molecule has 0 spiro atoms. The Morgan fingerprint density at radius 3 is 2.44 bits per heavy atom. The predicted molar refractivity (Wildman–Crippen MR) is 64.2 cm³/mol. The van der Waals surface area contributed by atoms with Crippen LogP contribution in [0.3, 0.4) is 0 Å². The molecule has 0 bridgehead atoms. The zero-order valence-corrected chi connectivity index (χ0v) is 9.41. The summed E-state index contributed by atoms with van der Waals surface area (Å²) >= 11 is 0. The molecule has 0 atom stereocenters. The summed E-state index contributed by atoms with van der Waals surface area (Å²) in [7, 11) is 0. The van der Waals surface area contributed by atoms with Gasteiger partial charge in [-0.05, 0) is 18.1 Å². The third-order valence-corrected chi connectivity index (χ3v) is 2.74. The Bertz CT molecular complexity index is 589. The number of carbonyl (C=O) groups is 2. The molecule has 92 valence electrons. The van der Waals surface area contributed by atoms with E-state index in [1.165, 1.54) is 0 Å². The van der Waals surface area contributed by atoms with Crippen molar-refractivity contribution in [2.75, 3.05) is 0 Å². The van der Waals surface area contributed by atoms with Gasteiger partial charge in [-0.15, -0.1) is 0 Å². The van der Waals surface area contributed by atoms with Crippen molar-refractivity contribution in [3.05, 3.63) is 42.1 Å². The van der Waals surface area contributed by atoms with Crippen molar-refractivity contribution in [1.29, 1.82) is 0 Å². The molecule has 5 nitrogen and oxygen atoms in total. The van der Waals surface area contributed by atoms with E-state index in [4.69, 9.17) is 10.2 Å². The van der Waals surface area contributed by atoms with Gasteiger partial charge in [0.2, 0.25) is 0 Å². The molecule has 0 fully saturated rings. The molecule has 1 aromatic heterocycles. The van der Waals surface area contributed by atoms with E-state index < -0.39 is 17.9 Å². The van der Waals surface area contributed by atoms with E-state index in [2.05, 4.69) is 4.98 Å². The van der Waals surface area contributed by atoms with E-state index >= 15 is 0 Å². The standard InChI is InChI=1S/C13H11NO4/c15-12(16)10(13(17)18)7-9-4-1-3-8-5-2-6-14-11(8)9/h1-6,10H,7H2,(H,15,16)(H,17,18). The zero-order chi connectivity index (χ0) is 13.1. The summed E-state index contributed by atoms with van der Waals surface area (Å²) in [5.74, 6) is -4.12. The second-order valence-electron chi connectivity index (χ2n) is 3.93. The van der Waals surface area contributed by atoms with Gasteiger partial charge in [-0.2, -0.15) is 0 Å². The lowest BCUT2D eigenvalue weighted by Crippen LogP contribution is -2.25. The van der Waals surface area contributed by atoms with Crippen LogP contribution in [0.1, 0.15) is 5.56 Å². The second kappa shape index (κ2) is 4.83. The summed E-state index contributed by atoms with van der Waals surface area (Å²) in [6, 6.07) is 8.94. The fourth-order valence-electron chi connectivity index (χ4n) is 1.83. The topological polar surface area (TPSA) is 87.5 Å². The smallest absolute Gasteiger partial charge is 0.318 e. The van der Waals surface area contributed by atoms with Crippen LogP contribution in [0.25, 0.3) is 10.9 Å². The predicted octanol–water partition coefficient (Wildman–Crippen LogP) is 1.56. The van der Waals surface area contributed by atoms with Crippen LogP contribution >= 0.6 is 0 Å². The maximum absolute atomic E-state index is 10.9. The quantitative estimate of drug-likeness (QED) is 0.798. The first-order chi connectivity index (χ1) is 8.59. The number of pyridine rings is 1. The van der Waals surface area contributed by atoms with Crippen LogP contribution < -0.4 is 0 Å². The first-order valence-electron chi connectivity index (χ1n) is 5.38. The Labute approximate surface area is 103 Å². The van der Waals surface area contributed by atoms with Gasteiger partial charge in [0.05, 0.1) is 5.52 Å². The zero-order valence-electron chi connectivity index (χ0n) is 9.41. The number of fused-ring (bicyclic) bond motifs is 1. The van der Waals surface area contributed by atoms with Gasteiger partial charge in [-0.3, -0.25) is 14.6 Å². The Balaban J connectivity index is 2.42. The third kappa shape index (κ3) is 2.29. The van der Waals surface area contributed by atoms with Gasteiger partial charge in [0.15, 0.2) is 5.92 Å². The molecule has 0 aliphatic rings. The first kappa shape index (κ1) is 12.0. The molecule has 1 heterocycles. The summed E-state index contributed by atoms with van der Waals surface area (Å²) in [5.41, 5.74) is 1.27. The number of rotatable bonds is 4. The van der Waals surface area contributed by atoms with Crippen molar-refractivity contribution in [2.24, 2.45) is 5.92 Å². The normalized spacial score (nSPS) is 10.7. The molecular formula is C13H11NO4. The monoisotopic (exact) mass is 245 g/mol. The molecule has 0 radical (unpaired) electrons. The fraction of sp³-hybridized carbons (Fsp3) is 0.154. The van der Waals surface area contributed by atoms with Crippen LogP contribution in [0.15, 0.2) is 36.5 Å². The van der Waals surface area contributed by atoms with E-state index in [0.29, 0.717) is 11.1 Å². The van der Waals surface area contributed by atoms with Crippen molar-refractivity contribution in [3.63, 3.8) is 0 Å². The van der Waals surface area contributed by atoms with Crippen LogP contribution in [0, 0.1) is 5.92 Å². The molecule has 0 saturated carbocycles. The Morgan fingerprint density at radius 2 is 1.78 bits per heavy atom. The van der Waals surface area contributed by atoms with Crippen LogP contribution in [0.4, 0.5) is 0 Å². The minimum Gasteiger partial charge on any atom is -0.481 e. The molecular weight excluding hydrogens is 234 g/mol. The highest BCUT2D eigenvalue weighted by Gasteiger charge is 2.26. The molecule has 0 aliphatic heterocycles. The molecule has 1 aromatic carbocycles. The van der Waals surface area contributed by atoms with Crippen LogP contribution in [0.2, 0.25) is 0 Å². The lowest BCUT2D eigenvalue weighted by molar-refractivity contribution is -0.154. The first-order valence-corrected chi connectivity index (χ1v) is 5.38. The van der Waals surface area contributed by atoms with Gasteiger partial charge in [-0.1, -0.05) is 24.3 Å². The number of carboxylic acids is 2. The summed E-state index contributed by atoms with van der Waals surface area (Å²) in [4.78, 5) is 25.9. The molecule has 2 aromatic rings. The molecule has 0 unspecified atom stereocenters. The average Bonchev–Trinajstić information content (AvgIpc) is 2.35. The molecule has 2 N–H and O–H groups in total. The molecule has 0 saturated heterocycles. The SMILES string of the molecule is O=C(O)C(Cc1cccc2cccnc12)C(=O)O. The average molecular weight is 245 g/mol. The number of hydrogen-bond acceptors (Lipinski definition) is 3. The Morgan fingerprint density at radius 1 is 1.11 bits per heavy atom. The van der Waals surface area contributed by atoms with E-state index in [1.807, 2.05) is 12.1 Å². The van der Waals surface area contributed by atoms with E-state index in [-0.39, 0.29) is 6.42 Å². The van der Waals surface area contributed by atoms with Crippen LogP contribution in [-0.2, 0) is 16.0 Å². The van der Waals surface area contributed by atoms with E-state index in [9.17, 15) is 9.59 Å².